The molecular formula is C17H17Cl3N2O2. The average Bonchev–Trinajstić information content (AvgIpc) is 2.43. The number of nitrogens with two attached hydrogens (primary N) is 1. The zero-order valence-corrected chi connectivity index (χ0v) is 15.7. The Hall–Kier alpha value is -1.62. The average molecular weight is 388 g/mol. The fourth-order valence-corrected chi connectivity index (χ4v) is 2.72. The Morgan fingerprint density at radius 3 is 2.29 bits per heavy atom. The lowest BCUT2D eigenvalue weighted by Crippen LogP contribution is -2.27. The Bertz CT molecular complexity index is 786. The normalized spacial score (nSPS) is 11.2. The molecule has 3 N–H and O–H groups in total. The van der Waals surface area contributed by atoms with Crippen LogP contribution in [0.1, 0.15) is 20.8 Å². The van der Waals surface area contributed by atoms with Crippen LogP contribution in [-0.4, -0.2) is 11.7 Å². The van der Waals surface area contributed by atoms with Gasteiger partial charge in [0.1, 0.15) is 5.60 Å². The summed E-state index contributed by atoms with van der Waals surface area (Å²) in [4.78, 5) is 12.1. The highest BCUT2D eigenvalue weighted by Gasteiger charge is 2.20. The van der Waals surface area contributed by atoms with E-state index in [0.717, 1.165) is 0 Å². The summed E-state index contributed by atoms with van der Waals surface area (Å²) in [5.74, 6) is 0. The SMILES string of the molecule is CC(C)(C)OC(=O)Nc1c(N)cccc1-c1cc(Cl)c(Cl)cc1Cl. The smallest absolute Gasteiger partial charge is 0.412 e. The van der Waals surface area contributed by atoms with Crippen molar-refractivity contribution in [2.24, 2.45) is 0 Å². The van der Waals surface area contributed by atoms with Gasteiger partial charge in [0.15, 0.2) is 0 Å². The number of benzene rings is 2. The van der Waals surface area contributed by atoms with E-state index in [1.54, 1.807) is 51.1 Å². The molecule has 0 radical (unpaired) electrons. The highest BCUT2D eigenvalue weighted by molar-refractivity contribution is 6.44. The van der Waals surface area contributed by atoms with Gasteiger partial charge in [0.25, 0.3) is 0 Å². The molecule has 0 aromatic heterocycles. The molecular weight excluding hydrogens is 371 g/mol. The van der Waals surface area contributed by atoms with Gasteiger partial charge in [0.2, 0.25) is 0 Å². The van der Waals surface area contributed by atoms with Crippen molar-refractivity contribution in [2.45, 2.75) is 26.4 Å². The van der Waals surface area contributed by atoms with E-state index in [2.05, 4.69) is 5.32 Å². The molecule has 0 fully saturated rings. The molecule has 0 heterocycles. The van der Waals surface area contributed by atoms with Crippen LogP contribution >= 0.6 is 34.8 Å². The first-order valence-corrected chi connectivity index (χ1v) is 8.25. The number of carbonyl (C=O) groups excluding carboxylic acids is 1. The minimum absolute atomic E-state index is 0.343. The Balaban J connectivity index is 2.48. The summed E-state index contributed by atoms with van der Waals surface area (Å²) >= 11 is 18.3. The summed E-state index contributed by atoms with van der Waals surface area (Å²) in [6, 6.07) is 8.36. The van der Waals surface area contributed by atoms with Crippen LogP contribution in [0, 0.1) is 0 Å². The first-order chi connectivity index (χ1) is 11.1. The van der Waals surface area contributed by atoms with E-state index in [0.29, 0.717) is 37.6 Å². The number of nitrogens with one attached hydrogen (secondary N) is 1. The summed E-state index contributed by atoms with van der Waals surface area (Å²) in [6.07, 6.45) is -0.613. The van der Waals surface area contributed by atoms with Gasteiger partial charge >= 0.3 is 6.09 Å². The van der Waals surface area contributed by atoms with Gasteiger partial charge in [-0.3, -0.25) is 5.32 Å². The molecule has 0 aliphatic heterocycles. The monoisotopic (exact) mass is 386 g/mol. The Morgan fingerprint density at radius 2 is 1.67 bits per heavy atom. The number of para-hydroxylation sites is 1. The van der Waals surface area contributed by atoms with Crippen molar-refractivity contribution in [1.29, 1.82) is 0 Å². The topological polar surface area (TPSA) is 64.3 Å². The number of halogens is 3. The summed E-state index contributed by atoms with van der Waals surface area (Å²) in [6.45, 7) is 5.33. The van der Waals surface area contributed by atoms with Gasteiger partial charge < -0.3 is 10.5 Å². The number of ether oxygens (including phenoxy) is 1. The third kappa shape index (κ3) is 4.47. The van der Waals surface area contributed by atoms with E-state index >= 15 is 0 Å². The Kier molecular flexibility index (Phi) is 5.53. The second kappa shape index (κ2) is 7.09. The number of hydrogen-bond donors (Lipinski definition) is 2. The molecule has 128 valence electrons. The van der Waals surface area contributed by atoms with E-state index in [1.807, 2.05) is 0 Å². The lowest BCUT2D eigenvalue weighted by molar-refractivity contribution is 0.0636. The maximum atomic E-state index is 12.1. The number of anilines is 2. The van der Waals surface area contributed by atoms with Crippen molar-refractivity contribution >= 4 is 52.3 Å². The van der Waals surface area contributed by atoms with Crippen LogP contribution in [0.2, 0.25) is 15.1 Å². The predicted molar refractivity (Wildman–Crippen MR) is 101 cm³/mol. The zero-order valence-electron chi connectivity index (χ0n) is 13.4. The lowest BCUT2D eigenvalue weighted by atomic mass is 10.0. The minimum Gasteiger partial charge on any atom is -0.444 e. The highest BCUT2D eigenvalue weighted by Crippen LogP contribution is 2.40. The van der Waals surface area contributed by atoms with Crippen LogP contribution in [0.5, 0.6) is 0 Å². The van der Waals surface area contributed by atoms with E-state index in [1.165, 1.54) is 0 Å². The van der Waals surface area contributed by atoms with Gasteiger partial charge in [-0.05, 0) is 39.0 Å². The van der Waals surface area contributed by atoms with E-state index in [4.69, 9.17) is 45.3 Å². The molecule has 0 saturated carbocycles. The standard InChI is InChI=1S/C17H17Cl3N2O2/c1-17(2,3)24-16(23)22-15-9(5-4-6-14(15)21)10-7-12(19)13(20)8-11(10)18/h4-8H,21H2,1-3H3,(H,22,23). The van der Waals surface area contributed by atoms with Gasteiger partial charge in [0, 0.05) is 11.1 Å². The summed E-state index contributed by atoms with van der Waals surface area (Å²) in [5.41, 5.74) is 7.37. The lowest BCUT2D eigenvalue weighted by Gasteiger charge is -2.21. The maximum absolute atomic E-state index is 12.1. The molecule has 2 aromatic rings. The van der Waals surface area contributed by atoms with Crippen LogP contribution in [0.25, 0.3) is 11.1 Å². The molecule has 2 aromatic carbocycles. The van der Waals surface area contributed by atoms with Crippen LogP contribution in [0.4, 0.5) is 16.2 Å². The third-order valence-corrected chi connectivity index (χ3v) is 4.06. The summed E-state index contributed by atoms with van der Waals surface area (Å²) in [5, 5.41) is 3.76. The number of carbonyl (C=O) groups is 1. The van der Waals surface area contributed by atoms with E-state index in [-0.39, 0.29) is 0 Å². The number of hydrogen-bond acceptors (Lipinski definition) is 3. The van der Waals surface area contributed by atoms with Crippen molar-refractivity contribution in [3.63, 3.8) is 0 Å². The van der Waals surface area contributed by atoms with Gasteiger partial charge in [-0.25, -0.2) is 4.79 Å². The molecule has 7 heteroatoms. The fraction of sp³-hybridized carbons (Fsp3) is 0.235. The van der Waals surface area contributed by atoms with Crippen molar-refractivity contribution in [2.75, 3.05) is 11.1 Å². The van der Waals surface area contributed by atoms with Crippen LogP contribution in [-0.2, 0) is 4.74 Å². The summed E-state index contributed by atoms with van der Waals surface area (Å²) in [7, 11) is 0. The summed E-state index contributed by atoms with van der Waals surface area (Å²) < 4.78 is 5.27. The van der Waals surface area contributed by atoms with Crippen molar-refractivity contribution in [3.8, 4) is 11.1 Å². The molecule has 0 atom stereocenters. The zero-order chi connectivity index (χ0) is 18.1. The van der Waals surface area contributed by atoms with Crippen molar-refractivity contribution in [1.82, 2.24) is 0 Å². The first kappa shape index (κ1) is 18.7. The second-order valence-electron chi connectivity index (χ2n) is 6.14. The fourth-order valence-electron chi connectivity index (χ4n) is 2.07. The molecule has 24 heavy (non-hydrogen) atoms. The molecule has 0 aliphatic carbocycles. The first-order valence-electron chi connectivity index (χ1n) is 7.12. The molecule has 0 saturated heterocycles. The Morgan fingerprint density at radius 1 is 1.04 bits per heavy atom. The number of rotatable bonds is 2. The highest BCUT2D eigenvalue weighted by atomic mass is 35.5. The molecule has 0 bridgehead atoms. The quantitative estimate of drug-likeness (QED) is 0.473. The molecule has 2 rings (SSSR count). The molecule has 4 nitrogen and oxygen atoms in total. The van der Waals surface area contributed by atoms with E-state index in [9.17, 15) is 4.79 Å². The molecule has 0 aliphatic rings. The van der Waals surface area contributed by atoms with Crippen LogP contribution in [0.3, 0.4) is 0 Å². The van der Waals surface area contributed by atoms with Crippen LogP contribution < -0.4 is 11.1 Å². The molecule has 0 unspecified atom stereocenters. The van der Waals surface area contributed by atoms with Gasteiger partial charge in [0.05, 0.1) is 26.4 Å². The van der Waals surface area contributed by atoms with Gasteiger partial charge in [-0.1, -0.05) is 46.9 Å². The van der Waals surface area contributed by atoms with E-state index < -0.39 is 11.7 Å². The predicted octanol–water partition coefficient (Wildman–Crippen LogP) is 6.24. The minimum atomic E-state index is -0.630. The third-order valence-electron chi connectivity index (χ3n) is 3.02. The number of nitrogen functional groups attached to an aromatic ring is 1. The van der Waals surface area contributed by atoms with Crippen molar-refractivity contribution in [3.05, 3.63) is 45.4 Å². The van der Waals surface area contributed by atoms with Gasteiger partial charge in [-0.15, -0.1) is 0 Å². The largest absolute Gasteiger partial charge is 0.444 e. The molecule has 1 amide bonds. The molecule has 0 spiro atoms. The van der Waals surface area contributed by atoms with Crippen molar-refractivity contribution < 1.29 is 9.53 Å². The number of amides is 1. The van der Waals surface area contributed by atoms with Crippen LogP contribution in [0.15, 0.2) is 30.3 Å². The van der Waals surface area contributed by atoms with Gasteiger partial charge in [-0.2, -0.15) is 0 Å². The maximum Gasteiger partial charge on any atom is 0.412 e. The Labute approximate surface area is 155 Å². The second-order valence-corrected chi connectivity index (χ2v) is 7.36.